The van der Waals surface area contributed by atoms with Crippen LogP contribution >= 0.6 is 12.4 Å². The number of aliphatic hydroxyl groups excluding tert-OH is 1. The minimum atomic E-state index is -0.470. The number of β-amino-alcohol motifs (C(OH)–C–C–N with tert-alkyl or cyclic N) is 1. The van der Waals surface area contributed by atoms with Gasteiger partial charge in [0, 0.05) is 43.5 Å². The molecule has 0 aromatic heterocycles. The van der Waals surface area contributed by atoms with Crippen molar-refractivity contribution in [3.63, 3.8) is 0 Å². The zero-order valence-corrected chi connectivity index (χ0v) is 24.4. The molecule has 6 nitrogen and oxygen atoms in total. The highest BCUT2D eigenvalue weighted by molar-refractivity contribution is 5.97. The number of nitrogens with zero attached hydrogens (tertiary/aromatic N) is 2. The highest BCUT2D eigenvalue weighted by atomic mass is 35.5. The Labute approximate surface area is 238 Å². The number of benzene rings is 3. The Bertz CT molecular complexity index is 1330. The number of piperidine rings is 1. The van der Waals surface area contributed by atoms with Crippen LogP contribution in [0.15, 0.2) is 42.5 Å². The van der Waals surface area contributed by atoms with Crippen molar-refractivity contribution in [3.05, 3.63) is 70.3 Å². The number of aliphatic hydroxyl groups is 1. The molecule has 1 fully saturated rings. The number of methoxy groups -OCH3 is 2. The van der Waals surface area contributed by atoms with Crippen LogP contribution in [0.5, 0.6) is 11.5 Å². The second-order valence-corrected chi connectivity index (χ2v) is 11.0. The molecule has 0 radical (unpaired) electrons. The quantitative estimate of drug-likeness (QED) is 0.416. The molecule has 2 aliphatic heterocycles. The standard InChI is InChI=1S/C32H40N2O4.ClH/c1-21-15-25-12-14-34(32(36)29(25)16-22(21)2)19-23-7-6-13-33(18-23)20-26(35)17-24-8-5-9-28-27(24)10-11-30(37-3)31(28)38-4;/h5,8-11,15-16,23,26,35H,6-7,12-14,17-20H2,1-4H3;1H. The van der Waals surface area contributed by atoms with E-state index in [4.69, 9.17) is 9.47 Å². The molecule has 3 aromatic rings. The summed E-state index contributed by atoms with van der Waals surface area (Å²) in [6.45, 7) is 8.33. The zero-order valence-electron chi connectivity index (χ0n) is 23.5. The summed E-state index contributed by atoms with van der Waals surface area (Å²) in [5.41, 5.74) is 5.61. The lowest BCUT2D eigenvalue weighted by atomic mass is 9.92. The Morgan fingerprint density at radius 1 is 1.03 bits per heavy atom. The number of aryl methyl sites for hydroxylation is 2. The van der Waals surface area contributed by atoms with Crippen LogP contribution in [-0.4, -0.2) is 73.9 Å². The highest BCUT2D eigenvalue weighted by Gasteiger charge is 2.29. The third-order valence-electron chi connectivity index (χ3n) is 8.38. The summed E-state index contributed by atoms with van der Waals surface area (Å²) in [6.07, 6.45) is 3.26. The Hall–Kier alpha value is -2.80. The van der Waals surface area contributed by atoms with Gasteiger partial charge >= 0.3 is 0 Å². The maximum atomic E-state index is 13.3. The first-order valence-corrected chi connectivity index (χ1v) is 13.8. The number of hydrogen-bond acceptors (Lipinski definition) is 5. The second-order valence-electron chi connectivity index (χ2n) is 11.0. The number of likely N-dealkylation sites (tertiary alicyclic amines) is 1. The fourth-order valence-corrected chi connectivity index (χ4v) is 6.30. The van der Waals surface area contributed by atoms with Crippen molar-refractivity contribution in [2.45, 2.75) is 45.6 Å². The summed E-state index contributed by atoms with van der Waals surface area (Å²) in [5, 5.41) is 13.2. The molecule has 0 aliphatic carbocycles. The molecule has 1 saturated heterocycles. The van der Waals surface area contributed by atoms with Crippen molar-refractivity contribution in [1.29, 1.82) is 0 Å². The molecule has 0 spiro atoms. The van der Waals surface area contributed by atoms with Crippen molar-refractivity contribution in [2.75, 3.05) is 46.9 Å². The lowest BCUT2D eigenvalue weighted by Crippen LogP contribution is -2.46. The second kappa shape index (κ2) is 12.6. The molecule has 0 saturated carbocycles. The smallest absolute Gasteiger partial charge is 0.254 e. The van der Waals surface area contributed by atoms with E-state index < -0.39 is 6.10 Å². The molecule has 2 atom stereocenters. The molecule has 2 aliphatic rings. The Morgan fingerprint density at radius 3 is 2.59 bits per heavy atom. The average Bonchev–Trinajstić information content (AvgIpc) is 2.91. The first-order valence-electron chi connectivity index (χ1n) is 13.8. The van der Waals surface area contributed by atoms with Crippen molar-refractivity contribution in [3.8, 4) is 11.5 Å². The monoisotopic (exact) mass is 552 g/mol. The maximum absolute atomic E-state index is 13.3. The van der Waals surface area contributed by atoms with Gasteiger partial charge in [0.25, 0.3) is 5.91 Å². The average molecular weight is 553 g/mol. The lowest BCUT2D eigenvalue weighted by Gasteiger charge is -2.38. The van der Waals surface area contributed by atoms with E-state index in [0.29, 0.717) is 24.6 Å². The topological polar surface area (TPSA) is 62.2 Å². The van der Waals surface area contributed by atoms with Crippen molar-refractivity contribution >= 4 is 29.1 Å². The summed E-state index contributed by atoms with van der Waals surface area (Å²) < 4.78 is 11.1. The number of hydrogen-bond donors (Lipinski definition) is 1. The Kier molecular flexibility index (Phi) is 9.42. The molecule has 2 unspecified atom stereocenters. The van der Waals surface area contributed by atoms with Gasteiger partial charge in [0.15, 0.2) is 11.5 Å². The van der Waals surface area contributed by atoms with E-state index in [1.807, 2.05) is 24.3 Å². The minimum absolute atomic E-state index is 0. The fourth-order valence-electron chi connectivity index (χ4n) is 6.30. The third kappa shape index (κ3) is 6.19. The van der Waals surface area contributed by atoms with Crippen LogP contribution in [-0.2, 0) is 12.8 Å². The van der Waals surface area contributed by atoms with E-state index >= 15 is 0 Å². The molecule has 3 aromatic carbocycles. The maximum Gasteiger partial charge on any atom is 0.254 e. The van der Waals surface area contributed by atoms with Gasteiger partial charge in [-0.05, 0) is 85.3 Å². The molecule has 5 rings (SSSR count). The molecule has 7 heteroatoms. The number of ether oxygens (including phenoxy) is 2. The molecule has 0 bridgehead atoms. The van der Waals surface area contributed by atoms with E-state index in [1.165, 1.54) is 16.7 Å². The molecule has 1 amide bonds. The van der Waals surface area contributed by atoms with Gasteiger partial charge in [-0.1, -0.05) is 30.3 Å². The van der Waals surface area contributed by atoms with Gasteiger partial charge in [0.1, 0.15) is 0 Å². The zero-order chi connectivity index (χ0) is 26.8. The fraction of sp³-hybridized carbons (Fsp3) is 0.469. The molecular formula is C32H41ClN2O4. The van der Waals surface area contributed by atoms with Gasteiger partial charge in [0.2, 0.25) is 0 Å². The summed E-state index contributed by atoms with van der Waals surface area (Å²) >= 11 is 0. The summed E-state index contributed by atoms with van der Waals surface area (Å²) in [5.74, 6) is 2.04. The third-order valence-corrected chi connectivity index (χ3v) is 8.38. The number of carbonyl (C=O) groups is 1. The first-order chi connectivity index (χ1) is 18.4. The molecule has 2 heterocycles. The van der Waals surface area contributed by atoms with Crippen LogP contribution in [0.3, 0.4) is 0 Å². The van der Waals surface area contributed by atoms with E-state index in [-0.39, 0.29) is 18.3 Å². The number of halogens is 1. The van der Waals surface area contributed by atoms with Gasteiger partial charge in [-0.2, -0.15) is 0 Å². The van der Waals surface area contributed by atoms with Crippen LogP contribution in [0.4, 0.5) is 0 Å². The Morgan fingerprint density at radius 2 is 1.82 bits per heavy atom. The van der Waals surface area contributed by atoms with Crippen molar-refractivity contribution in [2.24, 2.45) is 5.92 Å². The SMILES string of the molecule is COc1ccc2c(CC(O)CN3CCCC(CN4CCc5cc(C)c(C)cc5C4=O)C3)cccc2c1OC.Cl. The van der Waals surface area contributed by atoms with E-state index in [0.717, 1.165) is 73.1 Å². The normalized spacial score (nSPS) is 18.4. The molecule has 39 heavy (non-hydrogen) atoms. The van der Waals surface area contributed by atoms with Crippen LogP contribution < -0.4 is 9.47 Å². The molecule has 1 N–H and O–H groups in total. The van der Waals surface area contributed by atoms with E-state index in [9.17, 15) is 9.90 Å². The van der Waals surface area contributed by atoms with Crippen LogP contribution in [0, 0.1) is 19.8 Å². The van der Waals surface area contributed by atoms with E-state index in [2.05, 4.69) is 41.8 Å². The molecular weight excluding hydrogens is 512 g/mol. The summed E-state index contributed by atoms with van der Waals surface area (Å²) in [7, 11) is 3.30. The predicted molar refractivity (Wildman–Crippen MR) is 159 cm³/mol. The highest BCUT2D eigenvalue weighted by Crippen LogP contribution is 2.37. The molecule has 210 valence electrons. The van der Waals surface area contributed by atoms with Crippen LogP contribution in [0.2, 0.25) is 0 Å². The first kappa shape index (κ1) is 29.2. The largest absolute Gasteiger partial charge is 0.493 e. The van der Waals surface area contributed by atoms with Gasteiger partial charge in [-0.25, -0.2) is 0 Å². The summed E-state index contributed by atoms with van der Waals surface area (Å²) in [6, 6.07) is 14.4. The number of fused-ring (bicyclic) bond motifs is 2. The van der Waals surface area contributed by atoms with Gasteiger partial charge in [-0.15, -0.1) is 12.4 Å². The van der Waals surface area contributed by atoms with E-state index in [1.54, 1.807) is 14.2 Å². The van der Waals surface area contributed by atoms with Crippen molar-refractivity contribution in [1.82, 2.24) is 9.80 Å². The lowest BCUT2D eigenvalue weighted by molar-refractivity contribution is 0.0580. The summed E-state index contributed by atoms with van der Waals surface area (Å²) in [4.78, 5) is 17.7. The van der Waals surface area contributed by atoms with Gasteiger partial charge in [-0.3, -0.25) is 4.79 Å². The van der Waals surface area contributed by atoms with Crippen LogP contribution in [0.1, 0.15) is 45.5 Å². The predicted octanol–water partition coefficient (Wildman–Crippen LogP) is 5.21. The Balaban J connectivity index is 0.00000353. The number of rotatable bonds is 8. The number of carbonyl (C=O) groups excluding carboxylic acids is 1. The van der Waals surface area contributed by atoms with Crippen LogP contribution in [0.25, 0.3) is 10.8 Å². The van der Waals surface area contributed by atoms with Gasteiger partial charge < -0.3 is 24.4 Å². The number of amides is 1. The minimum Gasteiger partial charge on any atom is -0.493 e. The van der Waals surface area contributed by atoms with Gasteiger partial charge in [0.05, 0.1) is 20.3 Å². The van der Waals surface area contributed by atoms with Crippen molar-refractivity contribution < 1.29 is 19.4 Å².